The monoisotopic (exact) mass is 261 g/mol. The van der Waals surface area contributed by atoms with E-state index in [9.17, 15) is 9.59 Å². The highest BCUT2D eigenvalue weighted by Gasteiger charge is 2.28. The number of rotatable bonds is 1. The molecule has 1 aliphatic heterocycles. The zero-order valence-electron chi connectivity index (χ0n) is 7.60. The number of halogens is 1. The Labute approximate surface area is 90.3 Å². The van der Waals surface area contributed by atoms with Gasteiger partial charge in [0.05, 0.1) is 13.1 Å². The van der Waals surface area contributed by atoms with Gasteiger partial charge in [-0.2, -0.15) is 0 Å². The summed E-state index contributed by atoms with van der Waals surface area (Å²) in [5, 5.41) is 0. The van der Waals surface area contributed by atoms with Gasteiger partial charge in [-0.25, -0.2) is 0 Å². The molecule has 1 rings (SSSR count). The summed E-state index contributed by atoms with van der Waals surface area (Å²) in [4.78, 5) is 25.3. The molecule has 0 aromatic carbocycles. The van der Waals surface area contributed by atoms with Crippen LogP contribution in [0.3, 0.4) is 0 Å². The Kier molecular flexibility index (Phi) is 4.15. The molecule has 1 aliphatic rings. The number of carbonyl (C=O) groups is 2. The third kappa shape index (κ3) is 3.51. The van der Waals surface area contributed by atoms with Crippen molar-refractivity contribution in [2.75, 3.05) is 20.1 Å². The molecule has 0 aliphatic carbocycles. The summed E-state index contributed by atoms with van der Waals surface area (Å²) in [5.41, 5.74) is 0. The molecule has 14 heavy (non-hydrogen) atoms. The smallest absolute Gasteiger partial charge is 0.495 e. The third-order valence-corrected chi connectivity index (χ3v) is 1.83. The first-order chi connectivity index (χ1) is 6.61. The summed E-state index contributed by atoms with van der Waals surface area (Å²) in [6.07, 6.45) is 0. The molecule has 7 heteroatoms. The van der Waals surface area contributed by atoms with Crippen molar-refractivity contribution in [3.63, 3.8) is 0 Å². The zero-order chi connectivity index (χ0) is 10.6. The Balaban J connectivity index is 2.65. The Bertz CT molecular complexity index is 250. The van der Waals surface area contributed by atoms with Crippen LogP contribution >= 0.6 is 15.9 Å². The van der Waals surface area contributed by atoms with E-state index in [1.54, 1.807) is 7.05 Å². The highest BCUT2D eigenvalue weighted by Crippen LogP contribution is 2.01. The maximum absolute atomic E-state index is 11.1. The standard InChI is InChI=1S/C7H9BBrNO4/c1-10-4-6(11)13-8(2-3-9)14-7(12)5-10/h2-3H,4-5H2,1H3/b3-2+. The highest BCUT2D eigenvalue weighted by atomic mass is 79.9. The largest absolute Gasteiger partial charge is 0.629 e. The first-order valence-corrected chi connectivity index (χ1v) is 4.88. The minimum atomic E-state index is -0.928. The van der Waals surface area contributed by atoms with Crippen LogP contribution in [-0.2, 0) is 18.9 Å². The van der Waals surface area contributed by atoms with E-state index in [1.165, 1.54) is 15.9 Å². The van der Waals surface area contributed by atoms with Gasteiger partial charge < -0.3 is 9.31 Å². The number of hydrogen-bond acceptors (Lipinski definition) is 5. The summed E-state index contributed by atoms with van der Waals surface area (Å²) >= 11 is 3.01. The predicted molar refractivity (Wildman–Crippen MR) is 53.5 cm³/mol. The van der Waals surface area contributed by atoms with Gasteiger partial charge in [-0.15, -0.1) is 0 Å². The first kappa shape index (κ1) is 11.3. The molecule has 5 nitrogen and oxygen atoms in total. The molecule has 0 saturated carbocycles. The summed E-state index contributed by atoms with van der Waals surface area (Å²) < 4.78 is 9.66. The van der Waals surface area contributed by atoms with Crippen LogP contribution in [0.4, 0.5) is 0 Å². The number of carbonyl (C=O) groups excluding carboxylic acids is 2. The molecule has 0 N–H and O–H groups in total. The van der Waals surface area contributed by atoms with Crippen molar-refractivity contribution >= 4 is 35.0 Å². The molecule has 0 spiro atoms. The van der Waals surface area contributed by atoms with Crippen LogP contribution in [0.5, 0.6) is 0 Å². The third-order valence-electron chi connectivity index (χ3n) is 1.52. The molecule has 0 unspecified atom stereocenters. The van der Waals surface area contributed by atoms with Gasteiger partial charge in [0.2, 0.25) is 0 Å². The molecule has 1 fully saturated rings. The van der Waals surface area contributed by atoms with Crippen molar-refractivity contribution in [2.45, 2.75) is 0 Å². The molecular formula is C7H9BBrNO4. The molecule has 0 bridgehead atoms. The van der Waals surface area contributed by atoms with E-state index < -0.39 is 19.1 Å². The van der Waals surface area contributed by atoms with Crippen LogP contribution in [0.15, 0.2) is 11.0 Å². The first-order valence-electron chi connectivity index (χ1n) is 3.96. The minimum absolute atomic E-state index is 0.0850. The highest BCUT2D eigenvalue weighted by molar-refractivity contribution is 9.11. The van der Waals surface area contributed by atoms with Gasteiger partial charge in [0.1, 0.15) is 0 Å². The van der Waals surface area contributed by atoms with Gasteiger partial charge in [0.25, 0.3) is 0 Å². The van der Waals surface area contributed by atoms with Crippen LogP contribution < -0.4 is 0 Å². The van der Waals surface area contributed by atoms with Gasteiger partial charge in [-0.3, -0.25) is 14.5 Å². The molecule has 0 amide bonds. The lowest BCUT2D eigenvalue weighted by atomic mass is 9.90. The van der Waals surface area contributed by atoms with Crippen LogP contribution in [0.25, 0.3) is 0 Å². The van der Waals surface area contributed by atoms with Crippen molar-refractivity contribution in [1.29, 1.82) is 0 Å². The summed E-state index contributed by atoms with van der Waals surface area (Å²) in [6.45, 7) is 0.170. The molecule has 1 saturated heterocycles. The second-order valence-corrected chi connectivity index (χ2v) is 3.37. The number of hydrogen-bond donors (Lipinski definition) is 0. The second kappa shape index (κ2) is 5.16. The fourth-order valence-corrected chi connectivity index (χ4v) is 1.24. The van der Waals surface area contributed by atoms with Crippen molar-refractivity contribution < 1.29 is 18.9 Å². The Morgan fingerprint density at radius 1 is 1.36 bits per heavy atom. The van der Waals surface area contributed by atoms with Gasteiger partial charge in [0.15, 0.2) is 0 Å². The topological polar surface area (TPSA) is 55.8 Å². The van der Waals surface area contributed by atoms with Crippen molar-refractivity contribution in [3.05, 3.63) is 11.0 Å². The van der Waals surface area contributed by atoms with Crippen molar-refractivity contribution in [1.82, 2.24) is 4.90 Å². The van der Waals surface area contributed by atoms with E-state index in [4.69, 9.17) is 9.31 Å². The van der Waals surface area contributed by atoms with Crippen LogP contribution in [0, 0.1) is 0 Å². The molecular weight excluding hydrogens is 253 g/mol. The lowest BCUT2D eigenvalue weighted by molar-refractivity contribution is -0.145. The summed E-state index contributed by atoms with van der Waals surface area (Å²) in [7, 11) is 0.714. The zero-order valence-corrected chi connectivity index (χ0v) is 9.19. The van der Waals surface area contributed by atoms with E-state index in [1.807, 2.05) is 0 Å². The number of nitrogens with zero attached hydrogens (tertiary/aromatic N) is 1. The van der Waals surface area contributed by atoms with E-state index in [0.717, 1.165) is 0 Å². The van der Waals surface area contributed by atoms with E-state index in [0.29, 0.717) is 0 Å². The minimum Gasteiger partial charge on any atom is -0.495 e. The average Bonchev–Trinajstić information content (AvgIpc) is 2.00. The van der Waals surface area contributed by atoms with Crippen molar-refractivity contribution in [2.24, 2.45) is 0 Å². The predicted octanol–water partition coefficient (Wildman–Crippen LogP) is -0.0458. The lowest BCUT2D eigenvalue weighted by Gasteiger charge is -2.20. The molecule has 0 aromatic heterocycles. The normalized spacial score (nSPS) is 20.3. The van der Waals surface area contributed by atoms with Crippen LogP contribution in [0.1, 0.15) is 0 Å². The maximum atomic E-state index is 11.1. The SMILES string of the molecule is CN1CC(=O)OB(/C=C/Br)OC(=O)C1. The molecule has 76 valence electrons. The number of likely N-dealkylation sites (N-methyl/N-ethyl adjacent to an activating group) is 1. The fourth-order valence-electron chi connectivity index (χ4n) is 0.992. The quantitative estimate of drug-likeness (QED) is 0.620. The Morgan fingerprint density at radius 3 is 2.29 bits per heavy atom. The Morgan fingerprint density at radius 2 is 1.86 bits per heavy atom. The molecule has 0 aromatic rings. The van der Waals surface area contributed by atoms with Gasteiger partial charge in [0, 0.05) is 0 Å². The fraction of sp³-hybridized carbons (Fsp3) is 0.429. The van der Waals surface area contributed by atoms with Gasteiger partial charge in [-0.05, 0) is 18.0 Å². The summed E-state index contributed by atoms with van der Waals surface area (Å²) in [6, 6.07) is 0. The lowest BCUT2D eigenvalue weighted by Crippen LogP contribution is -2.41. The van der Waals surface area contributed by atoms with Gasteiger partial charge >= 0.3 is 19.1 Å². The molecule has 0 radical (unpaired) electrons. The van der Waals surface area contributed by atoms with Crippen molar-refractivity contribution in [3.8, 4) is 0 Å². The van der Waals surface area contributed by atoms with Crippen LogP contribution in [0.2, 0.25) is 0 Å². The van der Waals surface area contributed by atoms with E-state index in [-0.39, 0.29) is 13.1 Å². The average molecular weight is 262 g/mol. The van der Waals surface area contributed by atoms with Crippen LogP contribution in [-0.4, -0.2) is 44.1 Å². The molecule has 1 heterocycles. The van der Waals surface area contributed by atoms with E-state index >= 15 is 0 Å². The Hall–Kier alpha value is -0.815. The van der Waals surface area contributed by atoms with E-state index in [2.05, 4.69) is 15.9 Å². The second-order valence-electron chi connectivity index (χ2n) is 2.84. The maximum Gasteiger partial charge on any atom is 0.629 e. The summed E-state index contributed by atoms with van der Waals surface area (Å²) in [5.74, 6) is 0.590. The van der Waals surface area contributed by atoms with Gasteiger partial charge in [-0.1, -0.05) is 15.9 Å². The molecule has 0 atom stereocenters.